The molecule has 5 fully saturated rings. The van der Waals surface area contributed by atoms with Crippen LogP contribution < -0.4 is 0 Å². The van der Waals surface area contributed by atoms with E-state index in [2.05, 4.69) is 11.4 Å². The third kappa shape index (κ3) is 2.23. The molecule has 0 N–H and O–H groups in total. The molecular formula is C20H20O3S. The fourth-order valence-electron chi connectivity index (χ4n) is 5.59. The Balaban J connectivity index is 1.55. The van der Waals surface area contributed by atoms with Crippen molar-refractivity contribution >= 4 is 23.3 Å². The van der Waals surface area contributed by atoms with Crippen molar-refractivity contribution in [3.05, 3.63) is 45.2 Å². The van der Waals surface area contributed by atoms with Crippen LogP contribution in [-0.4, -0.2) is 11.9 Å². The van der Waals surface area contributed by atoms with E-state index in [9.17, 15) is 9.59 Å². The Bertz CT molecular complexity index is 739. The molecule has 4 aliphatic carbocycles. The summed E-state index contributed by atoms with van der Waals surface area (Å²) in [7, 11) is 0. The van der Waals surface area contributed by atoms with E-state index < -0.39 is 11.9 Å². The first-order valence-electron chi connectivity index (χ1n) is 8.91. The van der Waals surface area contributed by atoms with Gasteiger partial charge in [0.15, 0.2) is 0 Å². The number of cyclic esters (lactones) is 2. The number of ether oxygens (including phenoxy) is 1. The van der Waals surface area contributed by atoms with Gasteiger partial charge < -0.3 is 4.74 Å². The SMILES string of the molecule is O=C1OC(=O)C(=C2C3CC4CC(C3)CC2C4)C1=CCc1ccsc1. The van der Waals surface area contributed by atoms with Crippen LogP contribution in [0.4, 0.5) is 0 Å². The van der Waals surface area contributed by atoms with Crippen LogP contribution in [-0.2, 0) is 20.7 Å². The molecule has 124 valence electrons. The van der Waals surface area contributed by atoms with Crippen molar-refractivity contribution in [2.45, 2.75) is 38.5 Å². The van der Waals surface area contributed by atoms with Crippen molar-refractivity contribution in [3.63, 3.8) is 0 Å². The average Bonchev–Trinajstić information content (AvgIpc) is 3.13. The predicted molar refractivity (Wildman–Crippen MR) is 91.3 cm³/mol. The highest BCUT2D eigenvalue weighted by molar-refractivity contribution is 7.07. The van der Waals surface area contributed by atoms with Gasteiger partial charge in [0.2, 0.25) is 0 Å². The Kier molecular flexibility index (Phi) is 3.30. The fourth-order valence-corrected chi connectivity index (χ4v) is 6.27. The molecule has 1 aromatic heterocycles. The van der Waals surface area contributed by atoms with Crippen LogP contribution in [0, 0.1) is 23.7 Å². The van der Waals surface area contributed by atoms with Crippen molar-refractivity contribution in [2.24, 2.45) is 23.7 Å². The van der Waals surface area contributed by atoms with Gasteiger partial charge in [0.05, 0.1) is 11.1 Å². The Morgan fingerprint density at radius 1 is 1.04 bits per heavy atom. The first kappa shape index (κ1) is 14.6. The molecule has 24 heavy (non-hydrogen) atoms. The molecular weight excluding hydrogens is 320 g/mol. The lowest BCUT2D eigenvalue weighted by Crippen LogP contribution is -2.41. The van der Waals surface area contributed by atoms with Crippen LogP contribution in [0.5, 0.6) is 0 Å². The summed E-state index contributed by atoms with van der Waals surface area (Å²) in [4.78, 5) is 24.7. The van der Waals surface area contributed by atoms with Crippen molar-refractivity contribution in [3.8, 4) is 0 Å². The smallest absolute Gasteiger partial charge is 0.346 e. The normalized spacial score (nSPS) is 36.1. The van der Waals surface area contributed by atoms with Gasteiger partial charge in [-0.3, -0.25) is 0 Å². The van der Waals surface area contributed by atoms with Gasteiger partial charge in [-0.2, -0.15) is 11.3 Å². The third-order valence-electron chi connectivity index (χ3n) is 6.31. The molecule has 2 heterocycles. The first-order chi connectivity index (χ1) is 11.7. The zero-order valence-corrected chi connectivity index (χ0v) is 14.3. The molecule has 0 unspecified atom stereocenters. The van der Waals surface area contributed by atoms with Gasteiger partial charge in [-0.05, 0) is 90.2 Å². The van der Waals surface area contributed by atoms with E-state index in [4.69, 9.17) is 4.74 Å². The maximum Gasteiger partial charge on any atom is 0.346 e. The molecule has 0 spiro atoms. The number of allylic oxidation sites excluding steroid dienone is 2. The molecule has 6 rings (SSSR count). The van der Waals surface area contributed by atoms with E-state index in [0.717, 1.165) is 11.8 Å². The minimum atomic E-state index is -0.452. The van der Waals surface area contributed by atoms with Crippen molar-refractivity contribution in [1.29, 1.82) is 0 Å². The lowest BCUT2D eigenvalue weighted by Gasteiger charge is -2.51. The molecule has 1 saturated heterocycles. The molecule has 4 heteroatoms. The highest BCUT2D eigenvalue weighted by atomic mass is 32.1. The van der Waals surface area contributed by atoms with E-state index in [1.807, 2.05) is 11.5 Å². The van der Waals surface area contributed by atoms with E-state index >= 15 is 0 Å². The van der Waals surface area contributed by atoms with Crippen LogP contribution in [0.1, 0.15) is 37.7 Å². The van der Waals surface area contributed by atoms with Crippen LogP contribution in [0.25, 0.3) is 0 Å². The summed E-state index contributed by atoms with van der Waals surface area (Å²) in [6.45, 7) is 0. The van der Waals surface area contributed by atoms with Gasteiger partial charge >= 0.3 is 11.9 Å². The quantitative estimate of drug-likeness (QED) is 0.463. The molecule has 3 nitrogen and oxygen atoms in total. The number of hydrogen-bond acceptors (Lipinski definition) is 4. The summed E-state index contributed by atoms with van der Waals surface area (Å²) in [5.74, 6) is 1.82. The summed E-state index contributed by atoms with van der Waals surface area (Å²) in [6, 6.07) is 2.06. The number of hydrogen-bond donors (Lipinski definition) is 0. The number of thiophene rings is 1. The zero-order chi connectivity index (χ0) is 16.3. The minimum absolute atomic E-state index is 0.404. The largest absolute Gasteiger partial charge is 0.386 e. The van der Waals surface area contributed by atoms with E-state index in [1.54, 1.807) is 11.3 Å². The van der Waals surface area contributed by atoms with Crippen LogP contribution in [0.15, 0.2) is 39.6 Å². The fraction of sp³-hybridized carbons (Fsp3) is 0.500. The number of carbonyl (C=O) groups excluding carboxylic acids is 2. The Morgan fingerprint density at radius 3 is 2.38 bits per heavy atom. The number of esters is 2. The van der Waals surface area contributed by atoms with Gasteiger partial charge in [0.1, 0.15) is 0 Å². The molecule has 1 aliphatic heterocycles. The molecule has 5 aliphatic rings. The van der Waals surface area contributed by atoms with Gasteiger partial charge in [-0.25, -0.2) is 9.59 Å². The maximum absolute atomic E-state index is 12.4. The summed E-state index contributed by atoms with van der Waals surface area (Å²) < 4.78 is 5.01. The van der Waals surface area contributed by atoms with E-state index in [-0.39, 0.29) is 0 Å². The number of carbonyl (C=O) groups is 2. The standard InChI is InChI=1S/C20H20O3S/c21-19-16(2-1-11-3-4-24-10-11)18(20(22)23-19)17-14-6-12-5-13(8-14)9-15(17)7-12/h2-4,10,12-15H,1,5-9H2. The van der Waals surface area contributed by atoms with Gasteiger partial charge in [0, 0.05) is 0 Å². The molecule has 4 saturated carbocycles. The van der Waals surface area contributed by atoms with Crippen molar-refractivity contribution in [1.82, 2.24) is 0 Å². The highest BCUT2D eigenvalue weighted by Crippen LogP contribution is 2.58. The lowest BCUT2D eigenvalue weighted by atomic mass is 9.53. The Morgan fingerprint density at radius 2 is 1.75 bits per heavy atom. The first-order valence-corrected chi connectivity index (χ1v) is 9.85. The maximum atomic E-state index is 12.4. The molecule has 0 aromatic carbocycles. The molecule has 1 aromatic rings. The molecule has 0 amide bonds. The van der Waals surface area contributed by atoms with Gasteiger partial charge in [0.25, 0.3) is 0 Å². The van der Waals surface area contributed by atoms with Crippen LogP contribution in [0.2, 0.25) is 0 Å². The monoisotopic (exact) mass is 340 g/mol. The van der Waals surface area contributed by atoms with Gasteiger partial charge in [-0.15, -0.1) is 0 Å². The summed E-state index contributed by atoms with van der Waals surface area (Å²) >= 11 is 1.65. The summed E-state index contributed by atoms with van der Waals surface area (Å²) in [6.07, 6.45) is 8.76. The van der Waals surface area contributed by atoms with Crippen LogP contribution >= 0.6 is 11.3 Å². The average molecular weight is 340 g/mol. The lowest BCUT2D eigenvalue weighted by molar-refractivity contribution is -0.149. The van der Waals surface area contributed by atoms with Gasteiger partial charge in [-0.1, -0.05) is 6.08 Å². The van der Waals surface area contributed by atoms with Crippen molar-refractivity contribution in [2.75, 3.05) is 0 Å². The van der Waals surface area contributed by atoms with E-state index in [0.29, 0.717) is 29.4 Å². The topological polar surface area (TPSA) is 43.4 Å². The molecule has 4 bridgehead atoms. The predicted octanol–water partition coefficient (Wildman–Crippen LogP) is 4.05. The zero-order valence-electron chi connectivity index (χ0n) is 13.5. The second-order valence-corrected chi connectivity index (χ2v) is 8.55. The Hall–Kier alpha value is -1.68. The third-order valence-corrected chi connectivity index (χ3v) is 7.04. The number of rotatable bonds is 2. The highest BCUT2D eigenvalue weighted by Gasteiger charge is 2.49. The summed E-state index contributed by atoms with van der Waals surface area (Å²) in [5.41, 5.74) is 3.58. The van der Waals surface area contributed by atoms with Crippen LogP contribution in [0.3, 0.4) is 0 Å². The molecule has 0 radical (unpaired) electrons. The second-order valence-electron chi connectivity index (χ2n) is 7.77. The molecule has 0 atom stereocenters. The van der Waals surface area contributed by atoms with Crippen molar-refractivity contribution < 1.29 is 14.3 Å². The summed E-state index contributed by atoms with van der Waals surface area (Å²) in [5, 5.41) is 4.11. The minimum Gasteiger partial charge on any atom is -0.386 e. The van der Waals surface area contributed by atoms with E-state index in [1.165, 1.54) is 43.2 Å². The Labute approximate surface area is 145 Å². The second kappa shape index (κ2) is 5.41.